The molecule has 2 aromatic rings. The molecule has 1 saturated carbocycles. The molecule has 7 aliphatic rings. The van der Waals surface area contributed by atoms with Crippen molar-refractivity contribution in [1.29, 1.82) is 0 Å². The molecule has 9 heteroatoms. The van der Waals surface area contributed by atoms with Crippen molar-refractivity contribution in [2.75, 3.05) is 6.54 Å². The van der Waals surface area contributed by atoms with E-state index in [1.807, 2.05) is 42.8 Å². The number of nitrogens with zero attached hydrogens (tertiary/aromatic N) is 2. The van der Waals surface area contributed by atoms with E-state index >= 15 is 0 Å². The standard InChI is InChI=1S/C46H50N4O5/c1-2-3-4-7-30(51)23-31(52)11-8-28-9-17-40-41(22-28)55-45-37(46(20-21-54-40)18-5-6-19-46)15-16-39(53)33-13-14-34-42-29(24-49-44(34)47)10-12-32(43(33)42)35-25-48-38-27-50(45)26-36(35)38/h9,13-14,17,22,24-25,27,29-30,32,37,39,44-45,51,53H,2-8,10-12,18-19,23,26,47H2,1H3/p+1/t29-,30+,32+,37+,39-,44-,45+/m0/s1. The van der Waals surface area contributed by atoms with Crippen LogP contribution in [0.25, 0.3) is 0 Å². The predicted octanol–water partition coefficient (Wildman–Crippen LogP) is 5.63. The molecular weight excluding hydrogens is 689 g/mol. The van der Waals surface area contributed by atoms with Crippen LogP contribution in [0.1, 0.15) is 136 Å². The van der Waals surface area contributed by atoms with Crippen molar-refractivity contribution in [3.8, 4) is 35.4 Å². The molecule has 1 unspecified atom stereocenters. The fraction of sp³-hybridized carbons (Fsp3) is 0.500. The molecule has 2 aliphatic carbocycles. The van der Waals surface area contributed by atoms with Gasteiger partial charge in [0.1, 0.15) is 48.5 Å². The first kappa shape index (κ1) is 36.1. The Morgan fingerprint density at radius 3 is 2.80 bits per heavy atom. The molecule has 0 aromatic heterocycles. The van der Waals surface area contributed by atoms with Crippen molar-refractivity contribution >= 4 is 18.2 Å². The number of rotatable bonds is 9. The number of aliphatic hydroxyl groups is 2. The largest absolute Gasteiger partial charge is 0.437 e. The average Bonchev–Trinajstić information content (AvgIpc) is 3.93. The van der Waals surface area contributed by atoms with Crippen molar-refractivity contribution in [3.63, 3.8) is 0 Å². The number of fused-ring (bicyclic) bond motifs is 6. The van der Waals surface area contributed by atoms with Crippen LogP contribution in [0.15, 0.2) is 63.4 Å². The lowest BCUT2D eigenvalue weighted by Gasteiger charge is -2.38. The van der Waals surface area contributed by atoms with Gasteiger partial charge in [0.2, 0.25) is 0 Å². The number of aryl methyl sites for hydroxylation is 1. The lowest BCUT2D eigenvalue weighted by atomic mass is 9.68. The third kappa shape index (κ3) is 6.66. The Morgan fingerprint density at radius 1 is 1.09 bits per heavy atom. The SMILES string of the molecule is CCCCC[C@@H](O)CC(=O)CCc1ccc2c(c1)O[C@@H]1[C@@H](C#C[C@H](O)c3ccc4c5c3[C@H](CC[C@H]5C=N[C@@H]4N)C3=C4C[NH+]1C=C4N=C3)C1(C#CO2)CCCC1. The highest BCUT2D eigenvalue weighted by Crippen LogP contribution is 2.51. The third-order valence-corrected chi connectivity index (χ3v) is 13.1. The molecule has 284 valence electrons. The predicted molar refractivity (Wildman–Crippen MR) is 210 cm³/mol. The van der Waals surface area contributed by atoms with E-state index in [1.54, 1.807) is 0 Å². The van der Waals surface area contributed by atoms with Crippen molar-refractivity contribution in [1.82, 2.24) is 0 Å². The van der Waals surface area contributed by atoms with Gasteiger partial charge in [0.15, 0.2) is 11.5 Å². The number of ketones is 1. The number of Topliss-reactive ketones (excluding diaryl/α,β-unsaturated/α-hetero) is 1. The van der Waals surface area contributed by atoms with Crippen LogP contribution in [-0.4, -0.2) is 47.3 Å². The first-order valence-electron chi connectivity index (χ1n) is 20.5. The molecule has 5 N–H and O–H groups in total. The summed E-state index contributed by atoms with van der Waals surface area (Å²) in [4.78, 5) is 23.6. The number of aliphatic imine (C=N–C) groups is 2. The maximum atomic E-state index is 12.9. The maximum Gasteiger partial charge on any atom is 0.252 e. The van der Waals surface area contributed by atoms with E-state index in [0.717, 1.165) is 90.6 Å². The number of carbonyl (C=O) groups is 1. The third-order valence-electron chi connectivity index (χ3n) is 13.1. The second-order valence-corrected chi connectivity index (χ2v) is 16.6. The Balaban J connectivity index is 1.10. The summed E-state index contributed by atoms with van der Waals surface area (Å²) in [7, 11) is 0. The van der Waals surface area contributed by atoms with Crippen molar-refractivity contribution < 1.29 is 29.4 Å². The Bertz CT molecular complexity index is 2140. The zero-order chi connectivity index (χ0) is 37.7. The van der Waals surface area contributed by atoms with E-state index in [2.05, 4.69) is 42.0 Å². The Morgan fingerprint density at radius 2 is 1.95 bits per heavy atom. The van der Waals surface area contributed by atoms with E-state index in [9.17, 15) is 15.0 Å². The first-order chi connectivity index (χ1) is 26.8. The Kier molecular flexibility index (Phi) is 9.77. The molecule has 0 saturated heterocycles. The van der Waals surface area contributed by atoms with Crippen LogP contribution in [-0.2, 0) is 11.2 Å². The highest BCUT2D eigenvalue weighted by Gasteiger charge is 2.51. The van der Waals surface area contributed by atoms with Gasteiger partial charge >= 0.3 is 0 Å². The number of carbonyl (C=O) groups excluding carboxylic acids is 1. The number of hydrogen-bond acceptors (Lipinski definition) is 8. The highest BCUT2D eigenvalue weighted by atomic mass is 16.5. The molecule has 55 heavy (non-hydrogen) atoms. The second kappa shape index (κ2) is 14.9. The maximum absolute atomic E-state index is 12.9. The summed E-state index contributed by atoms with van der Waals surface area (Å²) in [6.45, 7) is 2.82. The molecule has 2 aromatic carbocycles. The minimum absolute atomic E-state index is 0.0564. The summed E-state index contributed by atoms with van der Waals surface area (Å²) in [5, 5.41) is 22.5. The molecule has 0 amide bonds. The zero-order valence-corrected chi connectivity index (χ0v) is 31.7. The van der Waals surface area contributed by atoms with Crippen LogP contribution < -0.4 is 20.1 Å². The van der Waals surface area contributed by atoms with Crippen LogP contribution in [0.5, 0.6) is 11.5 Å². The first-order valence-corrected chi connectivity index (χ1v) is 20.5. The summed E-state index contributed by atoms with van der Waals surface area (Å²) in [5.41, 5.74) is 14.6. The Hall–Kier alpha value is -4.51. The van der Waals surface area contributed by atoms with Crippen LogP contribution in [0.3, 0.4) is 0 Å². The van der Waals surface area contributed by atoms with Gasteiger partial charge in [0, 0.05) is 42.7 Å². The van der Waals surface area contributed by atoms with Crippen LogP contribution in [0.4, 0.5) is 0 Å². The topological polar surface area (TPSA) is 131 Å². The summed E-state index contributed by atoms with van der Waals surface area (Å²) in [6, 6.07) is 9.89. The van der Waals surface area contributed by atoms with Gasteiger partial charge in [-0.25, -0.2) is 0 Å². The van der Waals surface area contributed by atoms with Crippen LogP contribution >= 0.6 is 0 Å². The number of ether oxygens (including phenoxy) is 2. The number of nitrogens with one attached hydrogen (secondary N) is 1. The van der Waals surface area contributed by atoms with Crippen molar-refractivity contribution in [2.24, 2.45) is 27.1 Å². The van der Waals surface area contributed by atoms with Crippen LogP contribution in [0.2, 0.25) is 0 Å². The van der Waals surface area contributed by atoms with E-state index in [-0.39, 0.29) is 30.0 Å². The molecule has 2 bridgehead atoms. The molecule has 1 spiro atoms. The number of hydrogen-bond donors (Lipinski definition) is 4. The zero-order valence-electron chi connectivity index (χ0n) is 31.7. The number of nitrogens with two attached hydrogens (primary N) is 1. The van der Waals surface area contributed by atoms with Gasteiger partial charge in [-0.1, -0.05) is 75.0 Å². The van der Waals surface area contributed by atoms with Gasteiger partial charge < -0.3 is 25.4 Å². The normalized spacial score (nSPS) is 29.2. The van der Waals surface area contributed by atoms with E-state index in [1.165, 1.54) is 16.7 Å². The number of allylic oxidation sites excluding steroid dienone is 1. The number of benzene rings is 2. The summed E-state index contributed by atoms with van der Waals surface area (Å²) in [5.74, 6) is 11.6. The van der Waals surface area contributed by atoms with Gasteiger partial charge in [0.05, 0.1) is 11.5 Å². The monoisotopic (exact) mass is 739 g/mol. The molecule has 9 nitrogen and oxygen atoms in total. The highest BCUT2D eigenvalue weighted by molar-refractivity contribution is 5.89. The number of quaternary nitrogens is 1. The van der Waals surface area contributed by atoms with Crippen LogP contribution in [0, 0.1) is 35.2 Å². The van der Waals surface area contributed by atoms with E-state index < -0.39 is 30.0 Å². The minimum Gasteiger partial charge on any atom is -0.437 e. The van der Waals surface area contributed by atoms with Gasteiger partial charge in [0.25, 0.3) is 6.23 Å². The average molecular weight is 740 g/mol. The van der Waals surface area contributed by atoms with E-state index in [0.29, 0.717) is 37.3 Å². The smallest absolute Gasteiger partial charge is 0.252 e. The van der Waals surface area contributed by atoms with Gasteiger partial charge in [-0.15, -0.1) is 0 Å². The summed E-state index contributed by atoms with van der Waals surface area (Å²) >= 11 is 0. The second-order valence-electron chi connectivity index (χ2n) is 16.6. The molecule has 8 atom stereocenters. The van der Waals surface area contributed by atoms with Crippen molar-refractivity contribution in [2.45, 2.75) is 127 Å². The fourth-order valence-electron chi connectivity index (χ4n) is 10.2. The van der Waals surface area contributed by atoms with Gasteiger partial charge in [-0.05, 0) is 84.0 Å². The lowest BCUT2D eigenvalue weighted by Crippen LogP contribution is -3.12. The van der Waals surface area contributed by atoms with E-state index in [4.69, 9.17) is 20.2 Å². The summed E-state index contributed by atoms with van der Waals surface area (Å²) in [6.07, 6.45) is 17.2. The lowest BCUT2D eigenvalue weighted by molar-refractivity contribution is -0.891. The summed E-state index contributed by atoms with van der Waals surface area (Å²) < 4.78 is 13.3. The molecule has 0 radical (unpaired) electrons. The van der Waals surface area contributed by atoms with Gasteiger partial charge in [-0.2, -0.15) is 0 Å². The fourth-order valence-corrected chi connectivity index (χ4v) is 10.2. The quantitative estimate of drug-likeness (QED) is 0.195. The molecule has 1 fully saturated rings. The molecule has 5 heterocycles. The minimum atomic E-state index is -1.02. The molecule has 5 aliphatic heterocycles. The molecular formula is C46H51N4O5+. The number of unbranched alkanes of at least 4 members (excludes halogenated alkanes) is 2. The van der Waals surface area contributed by atoms with Crippen molar-refractivity contribution in [3.05, 3.63) is 81.2 Å². The Labute approximate surface area is 323 Å². The molecule has 9 rings (SSSR count). The van der Waals surface area contributed by atoms with Gasteiger partial charge in [-0.3, -0.25) is 19.7 Å². The number of aliphatic hydroxyl groups excluding tert-OH is 2.